The van der Waals surface area contributed by atoms with Crippen molar-refractivity contribution in [1.82, 2.24) is 5.32 Å². The predicted molar refractivity (Wildman–Crippen MR) is 136 cm³/mol. The summed E-state index contributed by atoms with van der Waals surface area (Å²) in [5, 5.41) is 5.40. The van der Waals surface area contributed by atoms with Crippen LogP contribution in [0.1, 0.15) is 31.1 Å². The third-order valence-corrected chi connectivity index (χ3v) is 6.78. The van der Waals surface area contributed by atoms with Crippen LogP contribution >= 0.6 is 0 Å². The van der Waals surface area contributed by atoms with E-state index in [2.05, 4.69) is 10.6 Å². The average Bonchev–Trinajstić information content (AvgIpc) is 2.83. The lowest BCUT2D eigenvalue weighted by molar-refractivity contribution is -0.114. The Morgan fingerprint density at radius 3 is 2.22 bits per heavy atom. The molecule has 0 heterocycles. The first-order chi connectivity index (χ1) is 17.1. The van der Waals surface area contributed by atoms with Gasteiger partial charge in [0.15, 0.2) is 0 Å². The van der Waals surface area contributed by atoms with Gasteiger partial charge in [-0.25, -0.2) is 12.8 Å². The normalized spacial score (nSPS) is 11.1. The minimum absolute atomic E-state index is 0.114. The molecule has 0 radical (unpaired) electrons. The topological polar surface area (TPSA) is 105 Å². The number of hydrogen-bond donors (Lipinski definition) is 2. The van der Waals surface area contributed by atoms with E-state index in [9.17, 15) is 22.4 Å². The molecule has 3 aromatic rings. The summed E-state index contributed by atoms with van der Waals surface area (Å²) < 4.78 is 46.7. The van der Waals surface area contributed by atoms with Crippen LogP contribution in [0.25, 0.3) is 0 Å². The summed E-state index contributed by atoms with van der Waals surface area (Å²) in [4.78, 5) is 25.4. The SMILES string of the molecule is CCOc1ccc(N(CC(=O)Nc2ccccc2C(=O)NC(C)C)S(=O)(=O)c2ccc(F)cc2)cc1. The Balaban J connectivity index is 1.93. The van der Waals surface area contributed by atoms with E-state index >= 15 is 0 Å². The molecule has 0 bridgehead atoms. The van der Waals surface area contributed by atoms with Crippen molar-refractivity contribution in [2.75, 3.05) is 22.8 Å². The average molecular weight is 514 g/mol. The lowest BCUT2D eigenvalue weighted by atomic mass is 10.1. The molecule has 0 unspecified atom stereocenters. The first-order valence-corrected chi connectivity index (χ1v) is 12.8. The van der Waals surface area contributed by atoms with Crippen molar-refractivity contribution in [2.24, 2.45) is 0 Å². The molecule has 36 heavy (non-hydrogen) atoms. The molecule has 8 nitrogen and oxygen atoms in total. The Hall–Kier alpha value is -3.92. The molecule has 0 saturated carbocycles. The van der Waals surface area contributed by atoms with Crippen LogP contribution < -0.4 is 19.7 Å². The van der Waals surface area contributed by atoms with E-state index in [-0.39, 0.29) is 33.8 Å². The van der Waals surface area contributed by atoms with Crippen molar-refractivity contribution in [2.45, 2.75) is 31.7 Å². The summed E-state index contributed by atoms with van der Waals surface area (Å²) in [7, 11) is -4.24. The van der Waals surface area contributed by atoms with E-state index in [1.807, 2.05) is 20.8 Å². The molecule has 0 aliphatic heterocycles. The number of carbonyl (C=O) groups is 2. The fourth-order valence-corrected chi connectivity index (χ4v) is 4.80. The Kier molecular flexibility index (Phi) is 8.65. The molecular weight excluding hydrogens is 485 g/mol. The fourth-order valence-electron chi connectivity index (χ4n) is 3.37. The fraction of sp³-hybridized carbons (Fsp3) is 0.231. The lowest BCUT2D eigenvalue weighted by Gasteiger charge is -2.24. The van der Waals surface area contributed by atoms with Crippen LogP contribution in [0.5, 0.6) is 5.75 Å². The third kappa shape index (κ3) is 6.60. The maximum atomic E-state index is 13.5. The summed E-state index contributed by atoms with van der Waals surface area (Å²) in [6, 6.07) is 16.9. The van der Waals surface area contributed by atoms with Gasteiger partial charge in [-0.1, -0.05) is 12.1 Å². The largest absolute Gasteiger partial charge is 0.494 e. The van der Waals surface area contributed by atoms with Crippen LogP contribution in [0, 0.1) is 5.82 Å². The standard InChI is InChI=1S/C26H28FN3O5S/c1-4-35-21-13-11-20(12-14-21)30(36(33,34)22-15-9-19(27)10-16-22)17-25(31)29-24-8-6-5-7-23(24)26(32)28-18(2)3/h5-16,18H,4,17H2,1-3H3,(H,28,32)(H,29,31). The van der Waals surface area contributed by atoms with Crippen molar-refractivity contribution < 1.29 is 27.1 Å². The highest BCUT2D eigenvalue weighted by Crippen LogP contribution is 2.26. The molecule has 0 aromatic heterocycles. The smallest absolute Gasteiger partial charge is 0.264 e. The monoisotopic (exact) mass is 513 g/mol. The van der Waals surface area contributed by atoms with Gasteiger partial charge in [-0.15, -0.1) is 0 Å². The lowest BCUT2D eigenvalue weighted by Crippen LogP contribution is -2.38. The van der Waals surface area contributed by atoms with Crippen molar-refractivity contribution in [3.05, 3.63) is 84.2 Å². The molecule has 0 saturated heterocycles. The maximum Gasteiger partial charge on any atom is 0.264 e. The number of amides is 2. The molecule has 3 aromatic carbocycles. The number of halogens is 1. The van der Waals surface area contributed by atoms with Crippen LogP contribution in [0.2, 0.25) is 0 Å². The molecular formula is C26H28FN3O5S. The molecule has 0 aliphatic carbocycles. The summed E-state index contributed by atoms with van der Waals surface area (Å²) in [6.45, 7) is 5.29. The van der Waals surface area contributed by atoms with Gasteiger partial charge >= 0.3 is 0 Å². The van der Waals surface area contributed by atoms with Crippen LogP contribution in [0.15, 0.2) is 77.7 Å². The summed E-state index contributed by atoms with van der Waals surface area (Å²) in [5.74, 6) is -1.09. The number of anilines is 2. The van der Waals surface area contributed by atoms with Gasteiger partial charge in [-0.05, 0) is 81.4 Å². The number of para-hydroxylation sites is 1. The molecule has 0 aliphatic rings. The maximum absolute atomic E-state index is 13.5. The number of benzene rings is 3. The Morgan fingerprint density at radius 1 is 0.972 bits per heavy atom. The second-order valence-electron chi connectivity index (χ2n) is 8.11. The van der Waals surface area contributed by atoms with Crippen molar-refractivity contribution in [3.63, 3.8) is 0 Å². The molecule has 2 N–H and O–H groups in total. The molecule has 0 atom stereocenters. The minimum atomic E-state index is -4.24. The highest BCUT2D eigenvalue weighted by atomic mass is 32.2. The summed E-state index contributed by atoms with van der Waals surface area (Å²) >= 11 is 0. The van der Waals surface area contributed by atoms with Crippen LogP contribution in [0.4, 0.5) is 15.8 Å². The molecule has 190 valence electrons. The molecule has 10 heteroatoms. The van der Waals surface area contributed by atoms with Crippen molar-refractivity contribution in [3.8, 4) is 5.75 Å². The van der Waals surface area contributed by atoms with Crippen LogP contribution in [-0.2, 0) is 14.8 Å². The Morgan fingerprint density at radius 2 is 1.61 bits per heavy atom. The first-order valence-electron chi connectivity index (χ1n) is 11.3. The quantitative estimate of drug-likeness (QED) is 0.423. The summed E-state index contributed by atoms with van der Waals surface area (Å²) in [5.41, 5.74) is 0.698. The predicted octanol–water partition coefficient (Wildman–Crippen LogP) is 4.20. The van der Waals surface area contributed by atoms with Gasteiger partial charge in [0, 0.05) is 6.04 Å². The van der Waals surface area contributed by atoms with E-state index in [1.54, 1.807) is 36.4 Å². The molecule has 0 spiro atoms. The number of ether oxygens (including phenoxy) is 1. The minimum Gasteiger partial charge on any atom is -0.494 e. The van der Waals surface area contributed by atoms with Gasteiger partial charge in [0.25, 0.3) is 15.9 Å². The van der Waals surface area contributed by atoms with E-state index in [0.29, 0.717) is 12.4 Å². The number of hydrogen-bond acceptors (Lipinski definition) is 5. The molecule has 2 amide bonds. The van der Waals surface area contributed by atoms with Crippen LogP contribution in [-0.4, -0.2) is 39.4 Å². The highest BCUT2D eigenvalue weighted by Gasteiger charge is 2.28. The van der Waals surface area contributed by atoms with Gasteiger partial charge in [-0.3, -0.25) is 13.9 Å². The number of rotatable bonds is 10. The van der Waals surface area contributed by atoms with E-state index in [4.69, 9.17) is 4.74 Å². The van der Waals surface area contributed by atoms with Crippen LogP contribution in [0.3, 0.4) is 0 Å². The third-order valence-electron chi connectivity index (χ3n) is 4.99. The van der Waals surface area contributed by atoms with E-state index in [0.717, 1.165) is 28.6 Å². The zero-order chi connectivity index (χ0) is 26.3. The van der Waals surface area contributed by atoms with Crippen molar-refractivity contribution >= 4 is 33.2 Å². The second-order valence-corrected chi connectivity index (χ2v) is 9.98. The van der Waals surface area contributed by atoms with Gasteiger partial charge < -0.3 is 15.4 Å². The van der Waals surface area contributed by atoms with Gasteiger partial charge in [0.2, 0.25) is 5.91 Å². The number of sulfonamides is 1. The Bertz CT molecular complexity index is 1310. The van der Waals surface area contributed by atoms with Gasteiger partial charge in [0.05, 0.1) is 28.4 Å². The zero-order valence-electron chi connectivity index (χ0n) is 20.2. The zero-order valence-corrected chi connectivity index (χ0v) is 21.0. The van der Waals surface area contributed by atoms with Crippen molar-refractivity contribution in [1.29, 1.82) is 0 Å². The number of nitrogens with one attached hydrogen (secondary N) is 2. The molecule has 3 rings (SSSR count). The number of nitrogens with zero attached hydrogens (tertiary/aromatic N) is 1. The highest BCUT2D eigenvalue weighted by molar-refractivity contribution is 7.92. The molecule has 0 fully saturated rings. The summed E-state index contributed by atoms with van der Waals surface area (Å²) in [6.07, 6.45) is 0. The van der Waals surface area contributed by atoms with Gasteiger partial charge in [-0.2, -0.15) is 0 Å². The van der Waals surface area contributed by atoms with E-state index < -0.39 is 28.3 Å². The Labute approximate surface area is 210 Å². The number of carbonyl (C=O) groups excluding carboxylic acids is 2. The second kappa shape index (κ2) is 11.7. The van der Waals surface area contributed by atoms with Gasteiger partial charge in [0.1, 0.15) is 18.1 Å². The van der Waals surface area contributed by atoms with E-state index in [1.165, 1.54) is 12.1 Å². The first kappa shape index (κ1) is 26.7.